The number of aryl methyl sites for hydroxylation is 1. The van der Waals surface area contributed by atoms with E-state index < -0.39 is 10.0 Å². The van der Waals surface area contributed by atoms with Gasteiger partial charge in [0.25, 0.3) is 5.91 Å². The zero-order valence-electron chi connectivity index (χ0n) is 14.5. The van der Waals surface area contributed by atoms with Crippen molar-refractivity contribution in [2.45, 2.75) is 30.7 Å². The normalized spacial score (nSPS) is 12.2. The van der Waals surface area contributed by atoms with Crippen molar-refractivity contribution < 1.29 is 13.2 Å². The summed E-state index contributed by atoms with van der Waals surface area (Å²) in [5.41, 5.74) is 1.46. The Kier molecular flexibility index (Phi) is 6.89. The zero-order chi connectivity index (χ0) is 19.0. The molecule has 136 valence electrons. The average Bonchev–Trinajstić information content (AvgIpc) is 2.65. The molecule has 1 unspecified atom stereocenters. The number of sulfonamides is 1. The average molecular weight is 371 g/mol. The molecule has 0 aliphatic heterocycles. The standard InChI is InChI=1S/C19H21N3O3S/c1-15(10-11-16-6-3-2-4-7-16)22-19(23)17-8-5-9-18(14-17)26(24,25)21-13-12-20/h2-9,14-15,21H,10-11,13H2,1H3,(H,22,23). The molecule has 2 aromatic carbocycles. The fourth-order valence-electron chi connectivity index (χ4n) is 2.42. The van der Waals surface area contributed by atoms with Crippen LogP contribution in [0.15, 0.2) is 59.5 Å². The smallest absolute Gasteiger partial charge is 0.251 e. The van der Waals surface area contributed by atoms with Crippen LogP contribution in [-0.4, -0.2) is 26.9 Å². The van der Waals surface area contributed by atoms with Gasteiger partial charge in [-0.15, -0.1) is 0 Å². The number of benzene rings is 2. The molecule has 0 saturated heterocycles. The molecule has 1 amide bonds. The van der Waals surface area contributed by atoms with Crippen LogP contribution in [0.5, 0.6) is 0 Å². The summed E-state index contributed by atoms with van der Waals surface area (Å²) in [4.78, 5) is 12.3. The van der Waals surface area contributed by atoms with Crippen molar-refractivity contribution in [2.24, 2.45) is 0 Å². The van der Waals surface area contributed by atoms with Crippen molar-refractivity contribution in [1.29, 1.82) is 5.26 Å². The third-order valence-corrected chi connectivity index (χ3v) is 5.23. The molecule has 26 heavy (non-hydrogen) atoms. The van der Waals surface area contributed by atoms with Crippen molar-refractivity contribution in [1.82, 2.24) is 10.0 Å². The zero-order valence-corrected chi connectivity index (χ0v) is 15.3. The van der Waals surface area contributed by atoms with Gasteiger partial charge in [0.1, 0.15) is 0 Å². The Hall–Kier alpha value is -2.69. The van der Waals surface area contributed by atoms with Crippen molar-refractivity contribution in [3.8, 4) is 6.07 Å². The van der Waals surface area contributed by atoms with Gasteiger partial charge in [-0.25, -0.2) is 8.42 Å². The highest BCUT2D eigenvalue weighted by Crippen LogP contribution is 2.12. The van der Waals surface area contributed by atoms with Crippen LogP contribution in [0.4, 0.5) is 0 Å². The first kappa shape index (κ1) is 19.6. The Bertz CT molecular complexity index is 890. The second-order valence-corrected chi connectivity index (χ2v) is 7.68. The number of hydrogen-bond acceptors (Lipinski definition) is 4. The Balaban J connectivity index is 1.99. The van der Waals surface area contributed by atoms with Gasteiger partial charge in [0.2, 0.25) is 10.0 Å². The highest BCUT2D eigenvalue weighted by Gasteiger charge is 2.16. The molecule has 0 bridgehead atoms. The van der Waals surface area contributed by atoms with E-state index in [1.807, 2.05) is 37.3 Å². The summed E-state index contributed by atoms with van der Waals surface area (Å²) < 4.78 is 26.3. The monoisotopic (exact) mass is 371 g/mol. The van der Waals surface area contributed by atoms with Crippen molar-refractivity contribution in [3.63, 3.8) is 0 Å². The molecule has 0 heterocycles. The quantitative estimate of drug-likeness (QED) is 0.695. The van der Waals surface area contributed by atoms with E-state index in [1.54, 1.807) is 12.1 Å². The van der Waals surface area contributed by atoms with Gasteiger partial charge in [-0.2, -0.15) is 9.98 Å². The lowest BCUT2D eigenvalue weighted by atomic mass is 10.1. The molecule has 2 rings (SSSR count). The van der Waals surface area contributed by atoms with Crippen LogP contribution in [-0.2, 0) is 16.4 Å². The van der Waals surface area contributed by atoms with Crippen molar-refractivity contribution in [2.75, 3.05) is 6.54 Å². The minimum atomic E-state index is -3.81. The largest absolute Gasteiger partial charge is 0.350 e. The second-order valence-electron chi connectivity index (χ2n) is 5.91. The number of carbonyl (C=O) groups excluding carboxylic acids is 1. The van der Waals surface area contributed by atoms with Gasteiger partial charge < -0.3 is 5.32 Å². The lowest BCUT2D eigenvalue weighted by Crippen LogP contribution is -2.33. The van der Waals surface area contributed by atoms with Gasteiger partial charge in [-0.1, -0.05) is 36.4 Å². The number of carbonyl (C=O) groups is 1. The Morgan fingerprint density at radius 1 is 1.15 bits per heavy atom. The minimum absolute atomic E-state index is 0.0441. The van der Waals surface area contributed by atoms with Crippen LogP contribution in [0.3, 0.4) is 0 Å². The minimum Gasteiger partial charge on any atom is -0.350 e. The first-order valence-electron chi connectivity index (χ1n) is 8.24. The Morgan fingerprint density at radius 3 is 2.58 bits per heavy atom. The maximum atomic E-state index is 12.4. The van der Waals surface area contributed by atoms with E-state index in [0.717, 1.165) is 12.8 Å². The first-order valence-corrected chi connectivity index (χ1v) is 9.72. The van der Waals surface area contributed by atoms with Gasteiger partial charge in [0.05, 0.1) is 17.5 Å². The molecule has 2 aromatic rings. The lowest BCUT2D eigenvalue weighted by molar-refractivity contribution is 0.0938. The van der Waals surface area contributed by atoms with Crippen LogP contribution in [0.2, 0.25) is 0 Å². The van der Waals surface area contributed by atoms with E-state index >= 15 is 0 Å². The van der Waals surface area contributed by atoms with Crippen molar-refractivity contribution >= 4 is 15.9 Å². The van der Waals surface area contributed by atoms with Crippen LogP contribution in [0.25, 0.3) is 0 Å². The molecular formula is C19H21N3O3S. The summed E-state index contributed by atoms with van der Waals surface area (Å²) in [6, 6.07) is 17.4. The first-order chi connectivity index (χ1) is 12.4. The number of hydrogen-bond donors (Lipinski definition) is 2. The molecule has 0 aliphatic rings. The second kappa shape index (κ2) is 9.13. The molecule has 7 heteroatoms. The molecule has 0 saturated carbocycles. The summed E-state index contributed by atoms with van der Waals surface area (Å²) in [6.45, 7) is 1.59. The molecular weight excluding hydrogens is 350 g/mol. The van der Waals surface area contributed by atoms with E-state index in [4.69, 9.17) is 5.26 Å². The van der Waals surface area contributed by atoms with Crippen molar-refractivity contribution in [3.05, 3.63) is 65.7 Å². The fraction of sp³-hybridized carbons (Fsp3) is 0.263. The molecule has 0 fully saturated rings. The van der Waals surface area contributed by atoms with Gasteiger partial charge in [0, 0.05) is 11.6 Å². The summed E-state index contributed by atoms with van der Waals surface area (Å²) >= 11 is 0. The predicted molar refractivity (Wildman–Crippen MR) is 98.9 cm³/mol. The molecule has 2 N–H and O–H groups in total. The Labute approximate surface area is 153 Å². The summed E-state index contributed by atoms with van der Waals surface area (Å²) in [5.74, 6) is -0.331. The van der Waals surface area contributed by atoms with Gasteiger partial charge in [-0.05, 0) is 43.5 Å². The number of rotatable bonds is 8. The molecule has 0 radical (unpaired) electrons. The summed E-state index contributed by atoms with van der Waals surface area (Å²) in [7, 11) is -3.81. The topological polar surface area (TPSA) is 99.1 Å². The maximum absolute atomic E-state index is 12.4. The third kappa shape index (κ3) is 5.69. The van der Waals surface area contributed by atoms with Crippen LogP contribution < -0.4 is 10.0 Å². The highest BCUT2D eigenvalue weighted by atomic mass is 32.2. The van der Waals surface area contributed by atoms with Gasteiger partial charge in [-0.3, -0.25) is 4.79 Å². The fourth-order valence-corrected chi connectivity index (χ4v) is 3.38. The number of nitrogens with zero attached hydrogens (tertiary/aromatic N) is 1. The summed E-state index contributed by atoms with van der Waals surface area (Å²) in [5, 5.41) is 11.4. The van der Waals surface area contributed by atoms with E-state index in [-0.39, 0.29) is 29.0 Å². The van der Waals surface area contributed by atoms with E-state index in [0.29, 0.717) is 0 Å². The van der Waals surface area contributed by atoms with Crippen LogP contribution in [0, 0.1) is 11.3 Å². The Morgan fingerprint density at radius 2 is 1.88 bits per heavy atom. The molecule has 1 atom stereocenters. The number of nitriles is 1. The van der Waals surface area contributed by atoms with Gasteiger partial charge >= 0.3 is 0 Å². The maximum Gasteiger partial charge on any atom is 0.251 e. The third-order valence-electron chi connectivity index (χ3n) is 3.83. The molecule has 0 spiro atoms. The van der Waals surface area contributed by atoms with E-state index in [2.05, 4.69) is 10.0 Å². The lowest BCUT2D eigenvalue weighted by Gasteiger charge is -2.14. The highest BCUT2D eigenvalue weighted by molar-refractivity contribution is 7.89. The number of nitrogens with one attached hydrogen (secondary N) is 2. The van der Waals surface area contributed by atoms with E-state index in [1.165, 1.54) is 23.8 Å². The van der Waals surface area contributed by atoms with E-state index in [9.17, 15) is 13.2 Å². The molecule has 0 aromatic heterocycles. The van der Waals surface area contributed by atoms with Crippen LogP contribution >= 0.6 is 0 Å². The summed E-state index contributed by atoms with van der Waals surface area (Å²) in [6.07, 6.45) is 1.62. The molecule has 0 aliphatic carbocycles. The molecule has 6 nitrogen and oxygen atoms in total. The van der Waals surface area contributed by atoms with Gasteiger partial charge in [0.15, 0.2) is 0 Å². The number of amides is 1. The predicted octanol–water partition coefficient (Wildman–Crippen LogP) is 2.24. The van der Waals surface area contributed by atoms with Crippen LogP contribution in [0.1, 0.15) is 29.3 Å². The SMILES string of the molecule is CC(CCc1ccccc1)NC(=O)c1cccc(S(=O)(=O)NCC#N)c1.